The normalized spacial score (nSPS) is 19.1. The van der Waals surface area contributed by atoms with Gasteiger partial charge in [0, 0.05) is 30.4 Å². The van der Waals surface area contributed by atoms with Crippen LogP contribution in [0.5, 0.6) is 0 Å². The molecule has 1 aliphatic rings. The minimum atomic E-state index is -0.436. The van der Waals surface area contributed by atoms with Crippen molar-refractivity contribution in [1.82, 2.24) is 10.3 Å². The Balaban J connectivity index is 1.53. The van der Waals surface area contributed by atoms with Crippen molar-refractivity contribution in [2.45, 2.75) is 38.1 Å². The SMILES string of the molecule is O=CN(CCC1CCCC(NC(=O)c2cccc(F)c2)C1)c1cc(F)ccn1. The Labute approximate surface area is 162 Å². The molecule has 2 aromatic rings. The van der Waals surface area contributed by atoms with E-state index in [1.165, 1.54) is 41.4 Å². The number of rotatable bonds is 7. The zero-order chi connectivity index (χ0) is 19.9. The molecule has 0 bridgehead atoms. The first-order valence-corrected chi connectivity index (χ1v) is 9.45. The minimum absolute atomic E-state index is 0.0199. The van der Waals surface area contributed by atoms with Gasteiger partial charge in [-0.25, -0.2) is 13.8 Å². The lowest BCUT2D eigenvalue weighted by Crippen LogP contribution is -2.39. The van der Waals surface area contributed by atoms with Crippen molar-refractivity contribution in [1.29, 1.82) is 0 Å². The fourth-order valence-corrected chi connectivity index (χ4v) is 3.68. The van der Waals surface area contributed by atoms with Gasteiger partial charge in [-0.05, 0) is 49.4 Å². The number of halogens is 2. The summed E-state index contributed by atoms with van der Waals surface area (Å²) in [5.74, 6) is -0.517. The van der Waals surface area contributed by atoms with E-state index in [2.05, 4.69) is 10.3 Å². The first-order chi connectivity index (χ1) is 13.5. The van der Waals surface area contributed by atoms with Crippen LogP contribution in [-0.2, 0) is 4.79 Å². The number of hydrogen-bond acceptors (Lipinski definition) is 3. The first kappa shape index (κ1) is 19.9. The van der Waals surface area contributed by atoms with Crippen LogP contribution in [0.15, 0.2) is 42.6 Å². The highest BCUT2D eigenvalue weighted by atomic mass is 19.1. The Morgan fingerprint density at radius 1 is 1.21 bits per heavy atom. The second kappa shape index (κ2) is 9.39. The molecule has 3 rings (SSSR count). The average molecular weight is 387 g/mol. The molecule has 1 aliphatic carbocycles. The molecule has 1 saturated carbocycles. The number of benzene rings is 1. The van der Waals surface area contributed by atoms with Crippen molar-refractivity contribution in [3.05, 3.63) is 59.8 Å². The Morgan fingerprint density at radius 3 is 2.79 bits per heavy atom. The Morgan fingerprint density at radius 2 is 2.04 bits per heavy atom. The van der Waals surface area contributed by atoms with Gasteiger partial charge in [-0.15, -0.1) is 0 Å². The lowest BCUT2D eigenvalue weighted by atomic mass is 9.83. The summed E-state index contributed by atoms with van der Waals surface area (Å²) in [4.78, 5) is 29.1. The second-order valence-electron chi connectivity index (χ2n) is 7.13. The van der Waals surface area contributed by atoms with Gasteiger partial charge in [0.25, 0.3) is 5.91 Å². The standard InChI is InChI=1S/C21H23F2N3O2/c22-17-5-2-4-16(12-17)21(28)25-19-6-1-3-15(11-19)8-10-26(14-27)20-13-18(23)7-9-24-20/h2,4-5,7,9,12-15,19H,1,3,6,8,10-11H2,(H,25,28). The van der Waals surface area contributed by atoms with Crippen LogP contribution in [0.3, 0.4) is 0 Å². The van der Waals surface area contributed by atoms with Gasteiger partial charge in [0.1, 0.15) is 17.5 Å². The van der Waals surface area contributed by atoms with E-state index >= 15 is 0 Å². The predicted molar refractivity (Wildman–Crippen MR) is 102 cm³/mol. The van der Waals surface area contributed by atoms with E-state index < -0.39 is 11.6 Å². The van der Waals surface area contributed by atoms with Crippen LogP contribution in [0, 0.1) is 17.6 Å². The number of nitrogens with zero attached hydrogens (tertiary/aromatic N) is 2. The van der Waals surface area contributed by atoms with Crippen molar-refractivity contribution >= 4 is 18.1 Å². The molecular formula is C21H23F2N3O2. The number of amides is 2. The Hall–Kier alpha value is -2.83. The molecule has 28 heavy (non-hydrogen) atoms. The van der Waals surface area contributed by atoms with E-state index in [-0.39, 0.29) is 11.9 Å². The molecule has 2 amide bonds. The molecule has 2 unspecified atom stereocenters. The third kappa shape index (κ3) is 5.34. The molecule has 5 nitrogen and oxygen atoms in total. The fourth-order valence-electron chi connectivity index (χ4n) is 3.68. The van der Waals surface area contributed by atoms with Crippen LogP contribution in [0.2, 0.25) is 0 Å². The number of carbonyl (C=O) groups excluding carboxylic acids is 2. The zero-order valence-electron chi connectivity index (χ0n) is 15.5. The second-order valence-corrected chi connectivity index (χ2v) is 7.13. The maximum absolute atomic E-state index is 13.4. The number of aromatic nitrogens is 1. The molecule has 7 heteroatoms. The van der Waals surface area contributed by atoms with E-state index in [4.69, 9.17) is 0 Å². The lowest BCUT2D eigenvalue weighted by molar-refractivity contribution is -0.107. The average Bonchev–Trinajstić information content (AvgIpc) is 2.69. The topological polar surface area (TPSA) is 62.3 Å². The Bertz CT molecular complexity index is 831. The van der Waals surface area contributed by atoms with Crippen LogP contribution in [0.25, 0.3) is 0 Å². The lowest BCUT2D eigenvalue weighted by Gasteiger charge is -2.30. The molecule has 1 heterocycles. The number of nitrogens with one attached hydrogen (secondary N) is 1. The molecule has 2 atom stereocenters. The molecule has 0 radical (unpaired) electrons. The predicted octanol–water partition coefficient (Wildman–Crippen LogP) is 3.70. The van der Waals surface area contributed by atoms with Crippen LogP contribution in [-0.4, -0.2) is 29.9 Å². The summed E-state index contributed by atoms with van der Waals surface area (Å²) in [6.45, 7) is 0.440. The van der Waals surface area contributed by atoms with Crippen molar-refractivity contribution in [3.63, 3.8) is 0 Å². The van der Waals surface area contributed by atoms with Crippen LogP contribution < -0.4 is 10.2 Å². The fraction of sp³-hybridized carbons (Fsp3) is 0.381. The molecule has 0 aliphatic heterocycles. The molecule has 0 spiro atoms. The van der Waals surface area contributed by atoms with E-state index in [1.54, 1.807) is 6.07 Å². The highest BCUT2D eigenvalue weighted by Crippen LogP contribution is 2.28. The molecule has 1 N–H and O–H groups in total. The summed E-state index contributed by atoms with van der Waals surface area (Å²) in [6, 6.07) is 8.13. The molecule has 1 aromatic carbocycles. The van der Waals surface area contributed by atoms with Crippen LogP contribution in [0.4, 0.5) is 14.6 Å². The molecule has 148 valence electrons. The zero-order valence-corrected chi connectivity index (χ0v) is 15.5. The number of hydrogen-bond donors (Lipinski definition) is 1. The van der Waals surface area contributed by atoms with E-state index in [0.717, 1.165) is 32.1 Å². The smallest absolute Gasteiger partial charge is 0.251 e. The molecular weight excluding hydrogens is 364 g/mol. The van der Waals surface area contributed by atoms with Gasteiger partial charge in [-0.1, -0.05) is 18.9 Å². The van der Waals surface area contributed by atoms with Gasteiger partial charge >= 0.3 is 0 Å². The Kier molecular flexibility index (Phi) is 6.68. The highest BCUT2D eigenvalue weighted by Gasteiger charge is 2.24. The number of carbonyl (C=O) groups is 2. The van der Waals surface area contributed by atoms with E-state index in [1.807, 2.05) is 0 Å². The van der Waals surface area contributed by atoms with E-state index in [0.29, 0.717) is 30.3 Å². The van der Waals surface area contributed by atoms with Gasteiger partial charge < -0.3 is 5.32 Å². The quantitative estimate of drug-likeness (QED) is 0.737. The van der Waals surface area contributed by atoms with Gasteiger partial charge in [-0.2, -0.15) is 0 Å². The summed E-state index contributed by atoms with van der Waals surface area (Å²) < 4.78 is 26.7. The summed E-state index contributed by atoms with van der Waals surface area (Å²) in [5.41, 5.74) is 0.312. The summed E-state index contributed by atoms with van der Waals surface area (Å²) in [7, 11) is 0. The third-order valence-corrected chi connectivity index (χ3v) is 5.11. The van der Waals surface area contributed by atoms with Gasteiger partial charge in [0.15, 0.2) is 0 Å². The van der Waals surface area contributed by atoms with Crippen molar-refractivity contribution in [2.24, 2.45) is 5.92 Å². The van der Waals surface area contributed by atoms with Gasteiger partial charge in [0.05, 0.1) is 0 Å². The first-order valence-electron chi connectivity index (χ1n) is 9.45. The van der Waals surface area contributed by atoms with Crippen molar-refractivity contribution in [3.8, 4) is 0 Å². The summed E-state index contributed by atoms with van der Waals surface area (Å²) in [5, 5.41) is 2.98. The molecule has 1 fully saturated rings. The molecule has 1 aromatic heterocycles. The van der Waals surface area contributed by atoms with E-state index in [9.17, 15) is 18.4 Å². The monoisotopic (exact) mass is 387 g/mol. The van der Waals surface area contributed by atoms with Crippen LogP contribution >= 0.6 is 0 Å². The highest BCUT2D eigenvalue weighted by molar-refractivity contribution is 5.94. The summed E-state index contributed by atoms with van der Waals surface area (Å²) in [6.07, 6.45) is 6.38. The number of anilines is 1. The largest absolute Gasteiger partial charge is 0.349 e. The van der Waals surface area contributed by atoms with Crippen molar-refractivity contribution < 1.29 is 18.4 Å². The van der Waals surface area contributed by atoms with Crippen molar-refractivity contribution in [2.75, 3.05) is 11.4 Å². The minimum Gasteiger partial charge on any atom is -0.349 e. The van der Waals surface area contributed by atoms with Crippen LogP contribution in [0.1, 0.15) is 42.5 Å². The maximum Gasteiger partial charge on any atom is 0.251 e. The third-order valence-electron chi connectivity index (χ3n) is 5.11. The van der Waals surface area contributed by atoms with Gasteiger partial charge in [0.2, 0.25) is 6.41 Å². The molecule has 0 saturated heterocycles. The number of pyridine rings is 1. The maximum atomic E-state index is 13.4. The summed E-state index contributed by atoms with van der Waals surface area (Å²) >= 11 is 0. The van der Waals surface area contributed by atoms with Gasteiger partial charge in [-0.3, -0.25) is 14.5 Å².